The Hall–Kier alpha value is -3.98. The Morgan fingerprint density at radius 2 is 1.79 bits per heavy atom. The number of carbonyl (C=O) groups is 1. The van der Waals surface area contributed by atoms with Gasteiger partial charge in [0.2, 0.25) is 0 Å². The number of methoxy groups -OCH3 is 2. The minimum Gasteiger partial charge on any atom is -0.497 e. The van der Waals surface area contributed by atoms with Crippen LogP contribution in [-0.2, 0) is 11.3 Å². The molecule has 0 aliphatic heterocycles. The molecule has 0 aliphatic rings. The largest absolute Gasteiger partial charge is 0.497 e. The van der Waals surface area contributed by atoms with E-state index in [0.29, 0.717) is 18.2 Å². The summed E-state index contributed by atoms with van der Waals surface area (Å²) in [5.74, 6) is 1.59. The molecule has 2 heterocycles. The zero-order chi connectivity index (χ0) is 27.1. The van der Waals surface area contributed by atoms with Crippen LogP contribution in [0.2, 0.25) is 0 Å². The van der Waals surface area contributed by atoms with Crippen molar-refractivity contribution in [2.45, 2.75) is 46.2 Å². The lowest BCUT2D eigenvalue weighted by atomic mass is 10.1. The van der Waals surface area contributed by atoms with Gasteiger partial charge in [0.25, 0.3) is 0 Å². The summed E-state index contributed by atoms with van der Waals surface area (Å²) < 4.78 is 12.7. The molecule has 0 amide bonds. The lowest BCUT2D eigenvalue weighted by Gasteiger charge is -2.26. The highest BCUT2D eigenvalue weighted by atomic mass is 16.5. The summed E-state index contributed by atoms with van der Waals surface area (Å²) in [7, 11) is 3.31. The molecule has 0 bridgehead atoms. The SMILES string of the molecule is CCC(=O)Cn1cc(-c2cnc3ccc(N(CCCNC(C)C)c4cc(OC)cc(OC)c4)cc3n2)cn1. The molecule has 0 saturated heterocycles. The van der Waals surface area contributed by atoms with E-state index >= 15 is 0 Å². The molecule has 2 aromatic carbocycles. The minimum atomic E-state index is 0.131. The molecule has 0 radical (unpaired) electrons. The summed E-state index contributed by atoms with van der Waals surface area (Å²) in [5, 5.41) is 7.82. The molecule has 0 saturated carbocycles. The number of ketones is 1. The quantitative estimate of drug-likeness (QED) is 0.248. The number of benzene rings is 2. The Labute approximate surface area is 223 Å². The third-order valence-electron chi connectivity index (χ3n) is 6.26. The Kier molecular flexibility index (Phi) is 8.91. The maximum Gasteiger partial charge on any atom is 0.154 e. The van der Waals surface area contributed by atoms with Gasteiger partial charge in [-0.2, -0.15) is 5.10 Å². The molecule has 200 valence electrons. The van der Waals surface area contributed by atoms with Gasteiger partial charge in [0.05, 0.1) is 49.9 Å². The summed E-state index contributed by atoms with van der Waals surface area (Å²) in [5.41, 5.74) is 5.07. The highest BCUT2D eigenvalue weighted by Gasteiger charge is 2.15. The smallest absolute Gasteiger partial charge is 0.154 e. The molecule has 0 aliphatic carbocycles. The summed E-state index contributed by atoms with van der Waals surface area (Å²) in [6, 6.07) is 12.4. The van der Waals surface area contributed by atoms with Gasteiger partial charge in [0.1, 0.15) is 11.5 Å². The van der Waals surface area contributed by atoms with E-state index in [4.69, 9.17) is 14.5 Å². The lowest BCUT2D eigenvalue weighted by molar-refractivity contribution is -0.119. The summed E-state index contributed by atoms with van der Waals surface area (Å²) >= 11 is 0. The number of anilines is 2. The molecule has 38 heavy (non-hydrogen) atoms. The summed E-state index contributed by atoms with van der Waals surface area (Å²) in [6.45, 7) is 8.09. The topological polar surface area (TPSA) is 94.4 Å². The van der Waals surface area contributed by atoms with Crippen LogP contribution >= 0.6 is 0 Å². The monoisotopic (exact) mass is 516 g/mol. The number of hydrogen-bond acceptors (Lipinski definition) is 8. The molecule has 1 N–H and O–H groups in total. The molecular weight excluding hydrogens is 480 g/mol. The summed E-state index contributed by atoms with van der Waals surface area (Å²) in [6.07, 6.45) is 6.73. The van der Waals surface area contributed by atoms with Crippen molar-refractivity contribution in [2.24, 2.45) is 0 Å². The Balaban J connectivity index is 1.68. The standard InChI is InChI=1S/C29H36N6O3/c1-6-24(36)19-34-18-21(16-32-34)29-17-31-27-9-8-22(14-28(27)33-29)35(11-7-10-30-20(2)3)23-12-25(37-4)15-26(13-23)38-5/h8-9,12-18,20,30H,6-7,10-11,19H2,1-5H3. The van der Waals surface area contributed by atoms with Gasteiger partial charge >= 0.3 is 0 Å². The van der Waals surface area contributed by atoms with Crippen molar-refractivity contribution in [3.8, 4) is 22.8 Å². The maximum atomic E-state index is 11.8. The molecule has 4 aromatic rings. The van der Waals surface area contributed by atoms with Crippen molar-refractivity contribution in [3.63, 3.8) is 0 Å². The molecular formula is C29H36N6O3. The van der Waals surface area contributed by atoms with Crippen molar-refractivity contribution in [3.05, 3.63) is 55.0 Å². The Morgan fingerprint density at radius 1 is 1.03 bits per heavy atom. The normalized spacial score (nSPS) is 11.2. The molecule has 9 heteroatoms. The van der Waals surface area contributed by atoms with Gasteiger partial charge in [-0.1, -0.05) is 20.8 Å². The van der Waals surface area contributed by atoms with Crippen LogP contribution in [0.1, 0.15) is 33.6 Å². The predicted octanol–water partition coefficient (Wildman–Crippen LogP) is 5.02. The van der Waals surface area contributed by atoms with Gasteiger partial charge in [-0.15, -0.1) is 0 Å². The molecule has 4 rings (SSSR count). The zero-order valence-corrected chi connectivity index (χ0v) is 22.8. The molecule has 0 unspecified atom stereocenters. The number of carbonyl (C=O) groups excluding carboxylic acids is 1. The first-order valence-electron chi connectivity index (χ1n) is 13.0. The molecule has 0 spiro atoms. The number of Topliss-reactive ketones (excluding diaryl/α,β-unsaturated/α-hetero) is 1. The molecule has 2 aromatic heterocycles. The fraction of sp³-hybridized carbons (Fsp3) is 0.379. The predicted molar refractivity (Wildman–Crippen MR) is 150 cm³/mol. The second-order valence-corrected chi connectivity index (χ2v) is 9.43. The van der Waals surface area contributed by atoms with E-state index in [0.717, 1.165) is 59.0 Å². The highest BCUT2D eigenvalue weighted by molar-refractivity contribution is 5.83. The first-order chi connectivity index (χ1) is 18.4. The van der Waals surface area contributed by atoms with Crippen LogP contribution in [0.4, 0.5) is 11.4 Å². The van der Waals surface area contributed by atoms with E-state index in [9.17, 15) is 4.79 Å². The van der Waals surface area contributed by atoms with Gasteiger partial charge in [0.15, 0.2) is 5.78 Å². The zero-order valence-electron chi connectivity index (χ0n) is 22.8. The Bertz CT molecular complexity index is 1360. The van der Waals surface area contributed by atoms with E-state index in [2.05, 4.69) is 46.3 Å². The van der Waals surface area contributed by atoms with E-state index in [1.165, 1.54) is 0 Å². The van der Waals surface area contributed by atoms with Crippen LogP contribution in [0.5, 0.6) is 11.5 Å². The summed E-state index contributed by atoms with van der Waals surface area (Å²) in [4.78, 5) is 23.6. The van der Waals surface area contributed by atoms with E-state index in [1.807, 2.05) is 37.4 Å². The molecule has 0 fully saturated rings. The van der Waals surface area contributed by atoms with Gasteiger partial charge in [0, 0.05) is 60.3 Å². The molecule has 0 atom stereocenters. The lowest BCUT2D eigenvalue weighted by Crippen LogP contribution is -2.27. The van der Waals surface area contributed by atoms with Crippen molar-refractivity contribution in [2.75, 3.05) is 32.2 Å². The first-order valence-corrected chi connectivity index (χ1v) is 13.0. The van der Waals surface area contributed by atoms with E-state index in [1.54, 1.807) is 31.3 Å². The number of nitrogens with zero attached hydrogens (tertiary/aromatic N) is 5. The van der Waals surface area contributed by atoms with Crippen LogP contribution in [0, 0.1) is 0 Å². The number of aromatic nitrogens is 4. The van der Waals surface area contributed by atoms with Crippen LogP contribution in [-0.4, -0.2) is 58.9 Å². The minimum absolute atomic E-state index is 0.131. The van der Waals surface area contributed by atoms with Crippen molar-refractivity contribution < 1.29 is 14.3 Å². The van der Waals surface area contributed by atoms with Crippen LogP contribution < -0.4 is 19.7 Å². The number of rotatable bonds is 13. The average molecular weight is 517 g/mol. The van der Waals surface area contributed by atoms with Crippen molar-refractivity contribution in [1.82, 2.24) is 25.1 Å². The van der Waals surface area contributed by atoms with Gasteiger partial charge < -0.3 is 19.7 Å². The fourth-order valence-electron chi connectivity index (χ4n) is 4.17. The van der Waals surface area contributed by atoms with E-state index in [-0.39, 0.29) is 12.3 Å². The van der Waals surface area contributed by atoms with Gasteiger partial charge in [-0.3, -0.25) is 14.5 Å². The first kappa shape index (κ1) is 27.1. The number of nitrogens with one attached hydrogen (secondary N) is 1. The van der Waals surface area contributed by atoms with Crippen LogP contribution in [0.3, 0.4) is 0 Å². The van der Waals surface area contributed by atoms with E-state index < -0.39 is 0 Å². The second-order valence-electron chi connectivity index (χ2n) is 9.43. The Morgan fingerprint density at radius 3 is 2.47 bits per heavy atom. The van der Waals surface area contributed by atoms with Gasteiger partial charge in [-0.25, -0.2) is 4.98 Å². The third-order valence-corrected chi connectivity index (χ3v) is 6.26. The third kappa shape index (κ3) is 6.66. The number of fused-ring (bicyclic) bond motifs is 1. The second kappa shape index (κ2) is 12.5. The van der Waals surface area contributed by atoms with Crippen molar-refractivity contribution in [1.29, 1.82) is 0 Å². The fourth-order valence-corrected chi connectivity index (χ4v) is 4.17. The highest BCUT2D eigenvalue weighted by Crippen LogP contribution is 2.34. The van der Waals surface area contributed by atoms with Crippen molar-refractivity contribution >= 4 is 28.2 Å². The van der Waals surface area contributed by atoms with Crippen LogP contribution in [0.25, 0.3) is 22.3 Å². The average Bonchev–Trinajstić information content (AvgIpc) is 3.40. The van der Waals surface area contributed by atoms with Gasteiger partial charge in [-0.05, 0) is 31.2 Å². The number of hydrogen-bond donors (Lipinski definition) is 1. The van der Waals surface area contributed by atoms with Crippen LogP contribution in [0.15, 0.2) is 55.0 Å². The number of ether oxygens (including phenoxy) is 2. The maximum absolute atomic E-state index is 11.8. The molecule has 9 nitrogen and oxygen atoms in total.